The minimum Gasteiger partial charge on any atom is -0.497 e. The van der Waals surface area contributed by atoms with E-state index in [2.05, 4.69) is 26.5 Å². The van der Waals surface area contributed by atoms with Gasteiger partial charge < -0.3 is 24.8 Å². The topological polar surface area (TPSA) is 77.5 Å². The molecule has 0 radical (unpaired) electrons. The van der Waals surface area contributed by atoms with E-state index >= 15 is 0 Å². The number of aromatic nitrogens is 2. The predicted octanol–water partition coefficient (Wildman–Crippen LogP) is 5.53. The van der Waals surface area contributed by atoms with Crippen molar-refractivity contribution in [1.29, 1.82) is 0 Å². The Hall–Kier alpha value is -4.28. The number of nitrogens with one attached hydrogen (secondary N) is 2. The zero-order chi connectivity index (χ0) is 24.9. The number of anilines is 2. The van der Waals surface area contributed by atoms with Gasteiger partial charge in [0.25, 0.3) is 0 Å². The van der Waals surface area contributed by atoms with Gasteiger partial charge in [-0.25, -0.2) is 9.97 Å². The zero-order valence-electron chi connectivity index (χ0n) is 20.3. The summed E-state index contributed by atoms with van der Waals surface area (Å²) in [7, 11) is 3.20. The molecule has 3 aromatic carbocycles. The quantitative estimate of drug-likeness (QED) is 0.351. The Morgan fingerprint density at radius 2 is 1.75 bits per heavy atom. The molecule has 1 aromatic heterocycles. The van der Waals surface area contributed by atoms with Crippen molar-refractivity contribution in [3.63, 3.8) is 0 Å². The zero-order valence-corrected chi connectivity index (χ0v) is 20.3. The van der Waals surface area contributed by atoms with Crippen LogP contribution in [0, 0.1) is 18.3 Å². The molecule has 2 N–H and O–H groups in total. The average molecular weight is 481 g/mol. The Morgan fingerprint density at radius 1 is 0.917 bits per heavy atom. The number of ether oxygens (including phenoxy) is 3. The molecule has 2 fully saturated rings. The van der Waals surface area contributed by atoms with Crippen LogP contribution in [0.25, 0.3) is 10.9 Å². The van der Waals surface area contributed by atoms with Gasteiger partial charge in [-0.05, 0) is 67.6 Å². The summed E-state index contributed by atoms with van der Waals surface area (Å²) in [5, 5.41) is 7.46. The summed E-state index contributed by atoms with van der Waals surface area (Å²) in [6, 6.07) is 21.6. The summed E-state index contributed by atoms with van der Waals surface area (Å²) >= 11 is 0. The van der Waals surface area contributed by atoms with Crippen molar-refractivity contribution in [2.24, 2.45) is 5.92 Å². The van der Waals surface area contributed by atoms with Crippen molar-refractivity contribution in [2.75, 3.05) is 26.1 Å². The largest absolute Gasteiger partial charge is 0.497 e. The fraction of sp³-hybridized carbons (Fsp3) is 0.241. The van der Waals surface area contributed by atoms with Crippen LogP contribution in [-0.2, 0) is 0 Å². The molecular weight excluding hydrogens is 452 g/mol. The number of hydrogen-bond donors (Lipinski definition) is 2. The molecule has 182 valence electrons. The number of benzene rings is 3. The lowest BCUT2D eigenvalue weighted by molar-refractivity contribution is 0.111. The number of hydrogen-bond acceptors (Lipinski definition) is 7. The van der Waals surface area contributed by atoms with Crippen molar-refractivity contribution >= 4 is 22.4 Å². The van der Waals surface area contributed by atoms with Crippen molar-refractivity contribution in [3.8, 4) is 35.3 Å². The standard InChI is InChI=1S/C24H19N3O3.C5H9N/c1-4-23-26-20-15-18(28-2)11-12-19(20)24(27-23)25-16-10-13-21(22(14-16)29-3)30-17-8-6-5-7-9-17;1-2-5-4(1)3-6-5/h1,5-15H,2-3H3,(H,25,26,27);4-6H,1-3H2. The van der Waals surface area contributed by atoms with Gasteiger partial charge in [0.2, 0.25) is 5.82 Å². The highest BCUT2D eigenvalue weighted by Crippen LogP contribution is 2.35. The number of rotatable bonds is 6. The van der Waals surface area contributed by atoms with E-state index in [4.69, 9.17) is 20.6 Å². The molecule has 2 heterocycles. The van der Waals surface area contributed by atoms with E-state index in [1.54, 1.807) is 14.2 Å². The highest BCUT2D eigenvalue weighted by molar-refractivity contribution is 5.92. The van der Waals surface area contributed by atoms with E-state index in [9.17, 15) is 0 Å². The average Bonchev–Trinajstić information content (AvgIpc) is 2.91. The Balaban J connectivity index is 0.000000382. The van der Waals surface area contributed by atoms with Crippen LogP contribution >= 0.6 is 0 Å². The number of methoxy groups -OCH3 is 2. The van der Waals surface area contributed by atoms with Gasteiger partial charge in [0.1, 0.15) is 17.3 Å². The molecule has 36 heavy (non-hydrogen) atoms. The van der Waals surface area contributed by atoms with Gasteiger partial charge in [-0.3, -0.25) is 0 Å². The van der Waals surface area contributed by atoms with Crippen LogP contribution in [0.2, 0.25) is 0 Å². The molecule has 6 rings (SSSR count). The van der Waals surface area contributed by atoms with Crippen molar-refractivity contribution in [2.45, 2.75) is 18.9 Å². The molecule has 0 amide bonds. The third-order valence-electron chi connectivity index (χ3n) is 6.49. The van der Waals surface area contributed by atoms with Crippen LogP contribution in [0.1, 0.15) is 18.7 Å². The number of para-hydroxylation sites is 1. The minimum absolute atomic E-state index is 0.286. The van der Waals surface area contributed by atoms with Crippen LogP contribution in [0.15, 0.2) is 66.7 Å². The lowest BCUT2D eigenvalue weighted by Gasteiger charge is -2.47. The molecule has 0 spiro atoms. The van der Waals surface area contributed by atoms with Gasteiger partial charge in [0.15, 0.2) is 11.5 Å². The molecule has 2 atom stereocenters. The van der Waals surface area contributed by atoms with Gasteiger partial charge in [0.05, 0.1) is 19.7 Å². The predicted molar refractivity (Wildman–Crippen MR) is 141 cm³/mol. The third-order valence-corrected chi connectivity index (χ3v) is 6.49. The molecule has 7 heteroatoms. The Labute approximate surface area is 210 Å². The van der Waals surface area contributed by atoms with Gasteiger partial charge >= 0.3 is 0 Å². The normalized spacial score (nSPS) is 17.2. The number of fused-ring (bicyclic) bond motifs is 2. The van der Waals surface area contributed by atoms with Crippen LogP contribution in [0.3, 0.4) is 0 Å². The summed E-state index contributed by atoms with van der Waals surface area (Å²) in [6.07, 6.45) is 8.49. The number of terminal acetylenes is 1. The highest BCUT2D eigenvalue weighted by atomic mass is 16.5. The van der Waals surface area contributed by atoms with E-state index in [0.29, 0.717) is 28.6 Å². The maximum atomic E-state index is 5.92. The first-order valence-electron chi connectivity index (χ1n) is 11.9. The molecule has 4 aromatic rings. The fourth-order valence-corrected chi connectivity index (χ4v) is 4.20. The SMILES string of the molecule is C#Cc1nc(Nc2ccc(Oc3ccccc3)c(OC)c2)c2ccc(OC)cc2n1.C1CC2NCC12. The molecule has 1 aliphatic heterocycles. The van der Waals surface area contributed by atoms with Gasteiger partial charge in [-0.2, -0.15) is 0 Å². The van der Waals surface area contributed by atoms with Crippen molar-refractivity contribution < 1.29 is 14.2 Å². The maximum Gasteiger partial charge on any atom is 0.207 e. The third kappa shape index (κ3) is 5.04. The first kappa shape index (κ1) is 23.5. The fourth-order valence-electron chi connectivity index (χ4n) is 4.20. The van der Waals surface area contributed by atoms with Crippen molar-refractivity contribution in [1.82, 2.24) is 15.3 Å². The second-order valence-corrected chi connectivity index (χ2v) is 8.68. The minimum atomic E-state index is 0.286. The van der Waals surface area contributed by atoms with E-state index < -0.39 is 0 Å². The van der Waals surface area contributed by atoms with E-state index in [1.165, 1.54) is 19.4 Å². The molecule has 2 unspecified atom stereocenters. The smallest absolute Gasteiger partial charge is 0.207 e. The first-order valence-corrected chi connectivity index (χ1v) is 11.9. The van der Waals surface area contributed by atoms with Crippen molar-refractivity contribution in [3.05, 3.63) is 72.6 Å². The maximum absolute atomic E-state index is 5.92. The lowest BCUT2D eigenvalue weighted by Crippen LogP contribution is -2.59. The molecule has 1 saturated heterocycles. The summed E-state index contributed by atoms with van der Waals surface area (Å²) in [5.41, 5.74) is 1.46. The highest BCUT2D eigenvalue weighted by Gasteiger charge is 2.37. The Bertz CT molecular complexity index is 1380. The number of piperidine rings is 1. The van der Waals surface area contributed by atoms with Crippen LogP contribution in [0.4, 0.5) is 11.5 Å². The van der Waals surface area contributed by atoms with Gasteiger partial charge in [-0.15, -0.1) is 6.42 Å². The Morgan fingerprint density at radius 3 is 2.36 bits per heavy atom. The summed E-state index contributed by atoms with van der Waals surface area (Å²) in [4.78, 5) is 8.83. The first-order chi connectivity index (χ1) is 17.7. The van der Waals surface area contributed by atoms with Crippen LogP contribution in [0.5, 0.6) is 23.0 Å². The van der Waals surface area contributed by atoms with Crippen LogP contribution < -0.4 is 24.8 Å². The number of nitrogens with zero attached hydrogens (tertiary/aromatic N) is 2. The second-order valence-electron chi connectivity index (χ2n) is 8.68. The van der Waals surface area contributed by atoms with E-state index in [1.807, 2.05) is 66.7 Å². The van der Waals surface area contributed by atoms with Crippen LogP contribution in [-0.4, -0.2) is 36.8 Å². The van der Waals surface area contributed by atoms with Gasteiger partial charge in [-0.1, -0.05) is 18.2 Å². The summed E-state index contributed by atoms with van der Waals surface area (Å²) < 4.78 is 16.7. The lowest BCUT2D eigenvalue weighted by atomic mass is 9.74. The second kappa shape index (κ2) is 10.5. The van der Waals surface area contributed by atoms with Gasteiger partial charge in [0, 0.05) is 29.2 Å². The molecular formula is C29H28N4O3. The molecule has 1 aliphatic carbocycles. The monoisotopic (exact) mass is 480 g/mol. The molecule has 1 saturated carbocycles. The molecule has 0 bridgehead atoms. The van der Waals surface area contributed by atoms with E-state index in [-0.39, 0.29) is 5.82 Å². The molecule has 7 nitrogen and oxygen atoms in total. The summed E-state index contributed by atoms with van der Waals surface area (Å²) in [5.74, 6) is 7.09. The van der Waals surface area contributed by atoms with E-state index in [0.717, 1.165) is 28.8 Å². The summed E-state index contributed by atoms with van der Waals surface area (Å²) in [6.45, 7) is 1.31. The Kier molecular flexibility index (Phi) is 6.87. The molecule has 2 aliphatic rings.